The average Bonchev–Trinajstić information content (AvgIpc) is 2.32. The number of fused-ring (bicyclic) bond motifs is 3. The van der Waals surface area contributed by atoms with Crippen molar-refractivity contribution in [3.63, 3.8) is 0 Å². The molecule has 0 radical (unpaired) electrons. The molecule has 0 heterocycles. The number of ketones is 1. The molecule has 1 aromatic rings. The molecule has 2 atom stereocenters. The maximum atomic E-state index is 12.3. The average molecular weight is 228 g/mol. The Morgan fingerprint density at radius 2 is 1.76 bits per heavy atom. The van der Waals surface area contributed by atoms with Crippen LogP contribution in [0.15, 0.2) is 24.3 Å². The van der Waals surface area contributed by atoms with Crippen LogP contribution in [0.4, 0.5) is 0 Å². The first-order valence-electron chi connectivity index (χ1n) is 6.70. The van der Waals surface area contributed by atoms with Crippen LogP contribution < -0.4 is 0 Å². The zero-order chi connectivity index (χ0) is 12.1. The van der Waals surface area contributed by atoms with Gasteiger partial charge in [-0.05, 0) is 29.2 Å². The lowest BCUT2D eigenvalue weighted by molar-refractivity contribution is 0.0528. The van der Waals surface area contributed by atoms with E-state index in [-0.39, 0.29) is 10.8 Å². The van der Waals surface area contributed by atoms with Crippen LogP contribution in [0.25, 0.3) is 0 Å². The van der Waals surface area contributed by atoms with E-state index >= 15 is 0 Å². The monoisotopic (exact) mass is 228 g/mol. The van der Waals surface area contributed by atoms with Crippen LogP contribution in [0, 0.1) is 5.41 Å². The summed E-state index contributed by atoms with van der Waals surface area (Å²) >= 11 is 0. The number of carbonyl (C=O) groups is 1. The van der Waals surface area contributed by atoms with Gasteiger partial charge in [0.25, 0.3) is 0 Å². The van der Waals surface area contributed by atoms with Crippen LogP contribution in [0.2, 0.25) is 0 Å². The minimum atomic E-state index is 0.177. The zero-order valence-corrected chi connectivity index (χ0v) is 10.8. The van der Waals surface area contributed by atoms with Crippen molar-refractivity contribution in [3.8, 4) is 0 Å². The predicted molar refractivity (Wildman–Crippen MR) is 69.3 cm³/mol. The van der Waals surface area contributed by atoms with Crippen molar-refractivity contribution in [3.05, 3.63) is 35.4 Å². The SMILES string of the molecule is C[C@@]12CCCC[C@@]1(C)c1ccccc1C(=O)C2. The van der Waals surface area contributed by atoms with Gasteiger partial charge in [0.1, 0.15) is 0 Å². The van der Waals surface area contributed by atoms with Gasteiger partial charge in [0, 0.05) is 12.0 Å². The van der Waals surface area contributed by atoms with Crippen molar-refractivity contribution in [1.29, 1.82) is 0 Å². The van der Waals surface area contributed by atoms with Gasteiger partial charge in [0.05, 0.1) is 0 Å². The van der Waals surface area contributed by atoms with Crippen molar-refractivity contribution < 1.29 is 4.79 Å². The van der Waals surface area contributed by atoms with Gasteiger partial charge in [-0.15, -0.1) is 0 Å². The number of hydrogen-bond donors (Lipinski definition) is 0. The van der Waals surface area contributed by atoms with E-state index in [4.69, 9.17) is 0 Å². The summed E-state index contributed by atoms with van der Waals surface area (Å²) in [6.07, 6.45) is 5.74. The Morgan fingerprint density at radius 1 is 1.06 bits per heavy atom. The van der Waals surface area contributed by atoms with Crippen molar-refractivity contribution in [2.75, 3.05) is 0 Å². The van der Waals surface area contributed by atoms with Crippen molar-refractivity contribution in [1.82, 2.24) is 0 Å². The summed E-state index contributed by atoms with van der Waals surface area (Å²) in [4.78, 5) is 12.3. The lowest BCUT2D eigenvalue weighted by Gasteiger charge is -2.53. The number of rotatable bonds is 0. The van der Waals surface area contributed by atoms with Crippen LogP contribution in [0.1, 0.15) is 61.9 Å². The zero-order valence-electron chi connectivity index (χ0n) is 10.8. The third-order valence-electron chi connectivity index (χ3n) is 5.36. The summed E-state index contributed by atoms with van der Waals surface area (Å²) in [5.74, 6) is 0.350. The third-order valence-corrected chi connectivity index (χ3v) is 5.36. The van der Waals surface area contributed by atoms with E-state index in [0.717, 1.165) is 12.0 Å². The number of benzene rings is 1. The Kier molecular flexibility index (Phi) is 2.23. The van der Waals surface area contributed by atoms with Gasteiger partial charge in [0.2, 0.25) is 0 Å². The quantitative estimate of drug-likeness (QED) is 0.653. The molecule has 0 aromatic heterocycles. The highest BCUT2D eigenvalue weighted by molar-refractivity contribution is 5.99. The first-order chi connectivity index (χ1) is 8.07. The molecule has 1 nitrogen and oxygen atoms in total. The smallest absolute Gasteiger partial charge is 0.163 e. The Labute approximate surface area is 103 Å². The molecule has 1 fully saturated rings. The third kappa shape index (κ3) is 1.34. The van der Waals surface area contributed by atoms with Gasteiger partial charge in [-0.25, -0.2) is 0 Å². The summed E-state index contributed by atoms with van der Waals surface area (Å²) < 4.78 is 0. The molecular weight excluding hydrogens is 208 g/mol. The van der Waals surface area contributed by atoms with Gasteiger partial charge < -0.3 is 0 Å². The second-order valence-electron chi connectivity index (χ2n) is 6.25. The molecule has 0 saturated heterocycles. The van der Waals surface area contributed by atoms with E-state index in [0.29, 0.717) is 5.78 Å². The first-order valence-corrected chi connectivity index (χ1v) is 6.70. The lowest BCUT2D eigenvalue weighted by Crippen LogP contribution is -2.49. The fourth-order valence-corrected chi connectivity index (χ4v) is 3.97. The molecule has 2 aliphatic rings. The Hall–Kier alpha value is -1.11. The molecular formula is C16H20O. The molecule has 90 valence electrons. The molecule has 3 rings (SSSR count). The molecule has 1 heteroatoms. The molecule has 0 unspecified atom stereocenters. The highest BCUT2D eigenvalue weighted by Crippen LogP contribution is 2.57. The van der Waals surface area contributed by atoms with Gasteiger partial charge >= 0.3 is 0 Å². The summed E-state index contributed by atoms with van der Waals surface area (Å²) in [5.41, 5.74) is 2.67. The van der Waals surface area contributed by atoms with Crippen LogP contribution >= 0.6 is 0 Å². The standard InChI is InChI=1S/C16H20O/c1-15-9-5-6-10-16(15,2)13-8-4-3-7-12(13)14(17)11-15/h3-4,7-8H,5-6,9-11H2,1-2H3/t15-,16-/m0/s1. The maximum absolute atomic E-state index is 12.3. The van der Waals surface area contributed by atoms with Crippen molar-refractivity contribution in [2.24, 2.45) is 5.41 Å². The van der Waals surface area contributed by atoms with Crippen molar-refractivity contribution >= 4 is 5.78 Å². The molecule has 17 heavy (non-hydrogen) atoms. The molecule has 0 spiro atoms. The predicted octanol–water partition coefficient (Wildman–Crippen LogP) is 4.11. The molecule has 0 bridgehead atoms. The minimum absolute atomic E-state index is 0.177. The van der Waals surface area contributed by atoms with Crippen LogP contribution in [-0.4, -0.2) is 5.78 Å². The highest BCUT2D eigenvalue weighted by Gasteiger charge is 2.52. The van der Waals surface area contributed by atoms with Gasteiger partial charge in [-0.3, -0.25) is 4.79 Å². The topological polar surface area (TPSA) is 17.1 Å². The van der Waals surface area contributed by atoms with Crippen LogP contribution in [-0.2, 0) is 5.41 Å². The second-order valence-corrected chi connectivity index (χ2v) is 6.25. The Morgan fingerprint density at radius 3 is 2.59 bits per heavy atom. The van der Waals surface area contributed by atoms with E-state index in [2.05, 4.69) is 26.0 Å². The Balaban J connectivity index is 2.22. The minimum Gasteiger partial charge on any atom is -0.294 e. The number of carbonyl (C=O) groups excluding carboxylic acids is 1. The molecule has 1 saturated carbocycles. The lowest BCUT2D eigenvalue weighted by atomic mass is 9.50. The summed E-state index contributed by atoms with van der Waals surface area (Å²) in [6, 6.07) is 8.26. The molecule has 0 N–H and O–H groups in total. The largest absolute Gasteiger partial charge is 0.294 e. The van der Waals surface area contributed by atoms with E-state index in [1.54, 1.807) is 0 Å². The first kappa shape index (κ1) is 11.0. The molecule has 2 aliphatic carbocycles. The van der Waals surface area contributed by atoms with Gasteiger partial charge in [-0.2, -0.15) is 0 Å². The molecule has 0 amide bonds. The van der Waals surface area contributed by atoms with E-state index in [9.17, 15) is 4.79 Å². The normalized spacial score (nSPS) is 36.2. The second kappa shape index (κ2) is 3.44. The van der Waals surface area contributed by atoms with E-state index in [1.165, 1.54) is 31.2 Å². The van der Waals surface area contributed by atoms with Crippen LogP contribution in [0.5, 0.6) is 0 Å². The van der Waals surface area contributed by atoms with E-state index in [1.807, 2.05) is 12.1 Å². The summed E-state index contributed by atoms with van der Waals surface area (Å²) in [6.45, 7) is 4.69. The maximum Gasteiger partial charge on any atom is 0.163 e. The highest BCUT2D eigenvalue weighted by atomic mass is 16.1. The Bertz CT molecular complexity index is 476. The van der Waals surface area contributed by atoms with E-state index < -0.39 is 0 Å². The summed E-state index contributed by atoms with van der Waals surface area (Å²) in [5, 5.41) is 0. The summed E-state index contributed by atoms with van der Waals surface area (Å²) in [7, 11) is 0. The van der Waals surface area contributed by atoms with Gasteiger partial charge in [-0.1, -0.05) is 51.0 Å². The molecule has 1 aromatic carbocycles. The fraction of sp³-hybridized carbons (Fsp3) is 0.562. The number of Topliss-reactive ketones (excluding diaryl/α,β-unsaturated/α-hetero) is 1. The number of hydrogen-bond acceptors (Lipinski definition) is 1. The fourth-order valence-electron chi connectivity index (χ4n) is 3.97. The van der Waals surface area contributed by atoms with Gasteiger partial charge in [0.15, 0.2) is 5.78 Å². The van der Waals surface area contributed by atoms with Crippen LogP contribution in [0.3, 0.4) is 0 Å². The molecule has 0 aliphatic heterocycles. The van der Waals surface area contributed by atoms with Crippen molar-refractivity contribution in [2.45, 2.75) is 51.4 Å².